The predicted octanol–water partition coefficient (Wildman–Crippen LogP) is 5.69. The number of carbonyl (C=O) groups is 4. The molecule has 46 heavy (non-hydrogen) atoms. The van der Waals surface area contributed by atoms with Crippen molar-refractivity contribution in [3.05, 3.63) is 80.8 Å². The molecule has 238 valence electrons. The first-order valence-electron chi connectivity index (χ1n) is 14.9. The molecule has 2 aliphatic heterocycles. The molecule has 3 heterocycles. The molecule has 2 aromatic carbocycles. The SMILES string of the molecule is COc1cc(O)c(C2C3=CCC4C(=O)N(Cc5cccs5)C(=O)C4C3CC3C(=O)N(c4ccc(F)c(Cl)c4)C(=O)C32C)c(OC)c1. The van der Waals surface area contributed by atoms with Crippen molar-refractivity contribution in [2.75, 3.05) is 19.1 Å². The van der Waals surface area contributed by atoms with Gasteiger partial charge in [0.25, 0.3) is 0 Å². The highest BCUT2D eigenvalue weighted by molar-refractivity contribution is 7.09. The predicted molar refractivity (Wildman–Crippen MR) is 167 cm³/mol. The van der Waals surface area contributed by atoms with E-state index in [1.165, 1.54) is 48.7 Å². The van der Waals surface area contributed by atoms with E-state index in [0.717, 1.165) is 15.8 Å². The monoisotopic (exact) mass is 664 g/mol. The normalized spacial score (nSPS) is 28.6. The molecule has 0 radical (unpaired) electrons. The second kappa shape index (κ2) is 10.9. The van der Waals surface area contributed by atoms with Crippen LogP contribution >= 0.6 is 22.9 Å². The lowest BCUT2D eigenvalue weighted by Gasteiger charge is -2.49. The Bertz CT molecular complexity index is 1840. The summed E-state index contributed by atoms with van der Waals surface area (Å²) < 4.78 is 25.2. The summed E-state index contributed by atoms with van der Waals surface area (Å²) in [5, 5.41) is 13.1. The lowest BCUT2D eigenvalue weighted by molar-refractivity contribution is -0.141. The number of allylic oxidation sites excluding steroid dienone is 2. The number of amides is 4. The van der Waals surface area contributed by atoms with E-state index in [2.05, 4.69) is 0 Å². The number of phenols is 1. The van der Waals surface area contributed by atoms with Crippen molar-refractivity contribution in [2.24, 2.45) is 29.1 Å². The number of imide groups is 2. The number of anilines is 1. The molecule has 0 bridgehead atoms. The fraction of sp³-hybridized carbons (Fsp3) is 0.353. The third kappa shape index (κ3) is 4.24. The molecular weight excluding hydrogens is 635 g/mol. The standard InChI is InChI=1S/C34H30ClFN2O7S/c1-34-22(31(41)38(33(34)43)16-6-9-24(36)23(35)11-16)14-21-19(29(34)28-25(39)12-17(44-2)13-26(28)45-3)7-8-20-27(21)32(42)37(30(20)40)15-18-5-4-10-46-18/h4-7,9-13,20-22,27,29,39H,8,14-15H2,1-3H3. The van der Waals surface area contributed by atoms with Crippen LogP contribution in [-0.4, -0.2) is 47.9 Å². The van der Waals surface area contributed by atoms with Gasteiger partial charge in [0.2, 0.25) is 23.6 Å². The zero-order valence-electron chi connectivity index (χ0n) is 25.2. The van der Waals surface area contributed by atoms with Crippen molar-refractivity contribution in [2.45, 2.75) is 32.2 Å². The van der Waals surface area contributed by atoms with E-state index < -0.39 is 52.6 Å². The fourth-order valence-corrected chi connectivity index (χ4v) is 9.00. The van der Waals surface area contributed by atoms with Crippen molar-refractivity contribution < 1.29 is 38.1 Å². The highest BCUT2D eigenvalue weighted by atomic mass is 35.5. The van der Waals surface area contributed by atoms with Crippen molar-refractivity contribution >= 4 is 52.3 Å². The summed E-state index contributed by atoms with van der Waals surface area (Å²) in [5.41, 5.74) is -0.365. The van der Waals surface area contributed by atoms with E-state index in [4.69, 9.17) is 21.1 Å². The Morgan fingerprint density at radius 2 is 1.83 bits per heavy atom. The Morgan fingerprint density at radius 1 is 1.04 bits per heavy atom. The summed E-state index contributed by atoms with van der Waals surface area (Å²) in [7, 11) is 2.88. The van der Waals surface area contributed by atoms with Gasteiger partial charge in [-0.2, -0.15) is 0 Å². The van der Waals surface area contributed by atoms with Gasteiger partial charge in [0.05, 0.1) is 54.6 Å². The number of carbonyl (C=O) groups excluding carboxylic acids is 4. The highest BCUT2D eigenvalue weighted by Crippen LogP contribution is 2.65. The maximum atomic E-state index is 14.6. The van der Waals surface area contributed by atoms with Gasteiger partial charge in [0.15, 0.2) is 0 Å². The summed E-state index contributed by atoms with van der Waals surface area (Å²) >= 11 is 7.53. The molecule has 1 N–H and O–H groups in total. The number of nitrogens with zero attached hydrogens (tertiary/aromatic N) is 2. The number of ether oxygens (including phenoxy) is 2. The maximum absolute atomic E-state index is 14.6. The molecule has 9 nitrogen and oxygen atoms in total. The van der Waals surface area contributed by atoms with E-state index in [0.29, 0.717) is 11.3 Å². The van der Waals surface area contributed by atoms with Gasteiger partial charge in [-0.25, -0.2) is 9.29 Å². The Labute approximate surface area is 273 Å². The number of hydrogen-bond acceptors (Lipinski definition) is 8. The second-order valence-electron chi connectivity index (χ2n) is 12.4. The molecule has 1 saturated carbocycles. The number of fused-ring (bicyclic) bond motifs is 4. The fourth-order valence-electron chi connectivity index (χ4n) is 8.14. The number of rotatable bonds is 6. The molecule has 12 heteroatoms. The van der Waals surface area contributed by atoms with Gasteiger partial charge < -0.3 is 14.6 Å². The number of thiophene rings is 1. The molecule has 7 rings (SSSR count). The Kier molecular flexibility index (Phi) is 7.24. The summed E-state index contributed by atoms with van der Waals surface area (Å²) in [6.45, 7) is 1.85. The number of halogens is 2. The molecule has 6 unspecified atom stereocenters. The Morgan fingerprint density at radius 3 is 2.50 bits per heavy atom. The van der Waals surface area contributed by atoms with Crippen LogP contribution < -0.4 is 14.4 Å². The first kappa shape index (κ1) is 30.4. The summed E-state index contributed by atoms with van der Waals surface area (Å²) in [6, 6.07) is 10.4. The van der Waals surface area contributed by atoms with Crippen LogP contribution in [0, 0.1) is 34.9 Å². The zero-order chi connectivity index (χ0) is 32.7. The lowest BCUT2D eigenvalue weighted by atomic mass is 9.51. The van der Waals surface area contributed by atoms with E-state index in [1.54, 1.807) is 13.0 Å². The average Bonchev–Trinajstić information content (AvgIpc) is 3.69. The summed E-state index contributed by atoms with van der Waals surface area (Å²) in [5.74, 6) is -5.80. The van der Waals surface area contributed by atoms with Crippen LogP contribution in [0.3, 0.4) is 0 Å². The van der Waals surface area contributed by atoms with Crippen molar-refractivity contribution in [1.82, 2.24) is 4.90 Å². The molecule has 4 amide bonds. The molecular formula is C34H30ClFN2O7S. The van der Waals surface area contributed by atoms with Crippen molar-refractivity contribution in [3.8, 4) is 17.2 Å². The smallest absolute Gasteiger partial charge is 0.241 e. The maximum Gasteiger partial charge on any atom is 0.241 e. The van der Waals surface area contributed by atoms with Gasteiger partial charge >= 0.3 is 0 Å². The Hall–Kier alpha value is -4.22. The van der Waals surface area contributed by atoms with E-state index in [-0.39, 0.29) is 59.0 Å². The lowest BCUT2D eigenvalue weighted by Crippen LogP contribution is -2.49. The highest BCUT2D eigenvalue weighted by Gasteiger charge is 2.68. The first-order chi connectivity index (χ1) is 22.0. The molecule has 2 aliphatic carbocycles. The van der Waals surface area contributed by atoms with Gasteiger partial charge in [-0.05, 0) is 55.3 Å². The van der Waals surface area contributed by atoms with E-state index in [9.17, 15) is 28.7 Å². The molecule has 3 fully saturated rings. The summed E-state index contributed by atoms with van der Waals surface area (Å²) in [6.07, 6.45) is 2.29. The van der Waals surface area contributed by atoms with Crippen LogP contribution in [0.25, 0.3) is 0 Å². The van der Waals surface area contributed by atoms with Crippen LogP contribution in [0.5, 0.6) is 17.2 Å². The minimum absolute atomic E-state index is 0.116. The van der Waals surface area contributed by atoms with Gasteiger partial charge in [-0.3, -0.25) is 24.1 Å². The van der Waals surface area contributed by atoms with E-state index in [1.807, 2.05) is 23.6 Å². The van der Waals surface area contributed by atoms with Crippen molar-refractivity contribution in [1.29, 1.82) is 0 Å². The molecule has 3 aromatic rings. The molecule has 4 aliphatic rings. The van der Waals surface area contributed by atoms with Crippen LogP contribution in [-0.2, 0) is 25.7 Å². The first-order valence-corrected chi connectivity index (χ1v) is 16.1. The summed E-state index contributed by atoms with van der Waals surface area (Å²) in [4.78, 5) is 59.9. The van der Waals surface area contributed by atoms with Crippen molar-refractivity contribution in [3.63, 3.8) is 0 Å². The van der Waals surface area contributed by atoms with Crippen LogP contribution in [0.1, 0.15) is 36.1 Å². The number of benzene rings is 2. The minimum atomic E-state index is -1.45. The third-order valence-electron chi connectivity index (χ3n) is 10.3. The number of likely N-dealkylation sites (tertiary alicyclic amines) is 1. The minimum Gasteiger partial charge on any atom is -0.507 e. The van der Waals surface area contributed by atoms with Crippen LogP contribution in [0.2, 0.25) is 5.02 Å². The number of phenolic OH excluding ortho intramolecular Hbond substituents is 1. The zero-order valence-corrected chi connectivity index (χ0v) is 26.7. The molecule has 1 aromatic heterocycles. The largest absolute Gasteiger partial charge is 0.507 e. The number of aromatic hydroxyl groups is 1. The van der Waals surface area contributed by atoms with Crippen LogP contribution in [0.4, 0.5) is 10.1 Å². The Balaban J connectivity index is 1.39. The van der Waals surface area contributed by atoms with Gasteiger partial charge in [-0.15, -0.1) is 11.3 Å². The molecule has 6 atom stereocenters. The molecule has 0 spiro atoms. The van der Waals surface area contributed by atoms with Gasteiger partial charge in [0, 0.05) is 28.5 Å². The topological polar surface area (TPSA) is 113 Å². The van der Waals surface area contributed by atoms with Gasteiger partial charge in [-0.1, -0.05) is 29.3 Å². The third-order valence-corrected chi connectivity index (χ3v) is 11.4. The van der Waals surface area contributed by atoms with Crippen LogP contribution in [0.15, 0.2) is 59.5 Å². The van der Waals surface area contributed by atoms with E-state index >= 15 is 0 Å². The average molecular weight is 665 g/mol. The number of hydrogen-bond donors (Lipinski definition) is 1. The molecule has 2 saturated heterocycles. The van der Waals surface area contributed by atoms with Gasteiger partial charge in [0.1, 0.15) is 23.1 Å². The quantitative estimate of drug-likeness (QED) is 0.266. The second-order valence-corrected chi connectivity index (χ2v) is 13.8. The number of methoxy groups -OCH3 is 2.